The molecule has 0 aliphatic carbocycles. The van der Waals surface area contributed by atoms with Crippen LogP contribution in [0.2, 0.25) is 0 Å². The molecule has 0 spiro atoms. The summed E-state index contributed by atoms with van der Waals surface area (Å²) in [6, 6.07) is 4.04. The Balaban J connectivity index is 2.58. The van der Waals surface area contributed by atoms with E-state index in [9.17, 15) is 12.8 Å². The molecule has 1 heterocycles. The Bertz CT molecular complexity index is 577. The molecule has 0 radical (unpaired) electrons. The lowest BCUT2D eigenvalue weighted by atomic mass is 10.1. The molecule has 0 atom stereocenters. The van der Waals surface area contributed by atoms with Crippen molar-refractivity contribution in [2.75, 3.05) is 16.7 Å². The smallest absolute Gasteiger partial charge is 0.256 e. The summed E-state index contributed by atoms with van der Waals surface area (Å²) in [4.78, 5) is 0. The summed E-state index contributed by atoms with van der Waals surface area (Å²) >= 11 is 5.68. The molecule has 1 aliphatic rings. The molecular weight excluding hydrogens is 291 g/mol. The minimum Gasteiger partial charge on any atom is -0.256 e. The van der Waals surface area contributed by atoms with E-state index in [2.05, 4.69) is 0 Å². The highest BCUT2D eigenvalue weighted by Crippen LogP contribution is 2.33. The van der Waals surface area contributed by atoms with Gasteiger partial charge >= 0.3 is 10.2 Å². The Kier molecular flexibility index (Phi) is 4.03. The zero-order chi connectivity index (χ0) is 14.2. The molecule has 106 valence electrons. The predicted octanol–water partition coefficient (Wildman–Crippen LogP) is 2.34. The molecule has 0 saturated heterocycles. The minimum absolute atomic E-state index is 0.129. The molecule has 19 heavy (non-hydrogen) atoms. The summed E-state index contributed by atoms with van der Waals surface area (Å²) in [6.07, 6.45) is 0. The third kappa shape index (κ3) is 2.57. The van der Waals surface area contributed by atoms with Crippen molar-refractivity contribution in [1.82, 2.24) is 4.31 Å². The molecule has 7 heteroatoms. The first-order valence-corrected chi connectivity index (χ1v) is 7.95. The third-order valence-electron chi connectivity index (χ3n) is 3.08. The number of halogens is 2. The van der Waals surface area contributed by atoms with Gasteiger partial charge in [-0.15, -0.1) is 11.6 Å². The Hall–Kier alpha value is -0.850. The number of hydrogen-bond acceptors (Lipinski definition) is 2. The van der Waals surface area contributed by atoms with Gasteiger partial charge in [-0.25, -0.2) is 4.39 Å². The van der Waals surface area contributed by atoms with Crippen LogP contribution >= 0.6 is 11.6 Å². The average Bonchev–Trinajstić information content (AvgIpc) is 2.32. The largest absolute Gasteiger partial charge is 0.304 e. The normalized spacial score (nSPS) is 18.7. The molecule has 1 aromatic carbocycles. The van der Waals surface area contributed by atoms with Crippen molar-refractivity contribution in [1.29, 1.82) is 0 Å². The van der Waals surface area contributed by atoms with Gasteiger partial charge in [0.05, 0.1) is 5.69 Å². The summed E-state index contributed by atoms with van der Waals surface area (Å²) in [5, 5.41) is 0. The highest BCUT2D eigenvalue weighted by molar-refractivity contribution is 7.90. The van der Waals surface area contributed by atoms with Gasteiger partial charge in [0.2, 0.25) is 0 Å². The van der Waals surface area contributed by atoms with Crippen molar-refractivity contribution in [3.05, 3.63) is 29.6 Å². The van der Waals surface area contributed by atoms with Gasteiger partial charge in [0.1, 0.15) is 5.82 Å². The van der Waals surface area contributed by atoms with Crippen LogP contribution in [0.15, 0.2) is 18.2 Å². The summed E-state index contributed by atoms with van der Waals surface area (Å²) in [5.41, 5.74) is 1.17. The van der Waals surface area contributed by atoms with E-state index in [0.717, 1.165) is 5.56 Å². The second kappa shape index (κ2) is 5.26. The van der Waals surface area contributed by atoms with Crippen LogP contribution < -0.4 is 4.31 Å². The van der Waals surface area contributed by atoms with Crippen molar-refractivity contribution in [3.8, 4) is 0 Å². The van der Waals surface area contributed by atoms with Crippen LogP contribution in [0.4, 0.5) is 10.1 Å². The molecule has 1 aliphatic heterocycles. The number of hydrogen-bond donors (Lipinski definition) is 0. The van der Waals surface area contributed by atoms with Crippen LogP contribution in [0.1, 0.15) is 19.4 Å². The van der Waals surface area contributed by atoms with Crippen LogP contribution in [0.25, 0.3) is 0 Å². The third-order valence-corrected chi connectivity index (χ3v) is 5.33. The van der Waals surface area contributed by atoms with E-state index in [0.29, 0.717) is 5.69 Å². The van der Waals surface area contributed by atoms with Crippen molar-refractivity contribution in [3.63, 3.8) is 0 Å². The minimum atomic E-state index is -3.64. The van der Waals surface area contributed by atoms with Crippen molar-refractivity contribution in [2.45, 2.75) is 26.4 Å². The summed E-state index contributed by atoms with van der Waals surface area (Å²) in [6.45, 7) is 4.01. The summed E-state index contributed by atoms with van der Waals surface area (Å²) in [7, 11) is -3.64. The lowest BCUT2D eigenvalue weighted by Crippen LogP contribution is -2.50. The molecule has 0 N–H and O–H groups in total. The number of alkyl halides is 1. The van der Waals surface area contributed by atoms with Crippen molar-refractivity contribution < 1.29 is 12.8 Å². The molecule has 0 bridgehead atoms. The zero-order valence-electron chi connectivity index (χ0n) is 10.8. The van der Waals surface area contributed by atoms with Gasteiger partial charge in [-0.05, 0) is 31.5 Å². The number of rotatable bonds is 3. The fourth-order valence-electron chi connectivity index (χ4n) is 2.16. The molecule has 2 rings (SSSR count). The Labute approximate surface area is 117 Å². The first-order valence-electron chi connectivity index (χ1n) is 6.02. The topological polar surface area (TPSA) is 40.6 Å². The zero-order valence-corrected chi connectivity index (χ0v) is 12.4. The van der Waals surface area contributed by atoms with Crippen LogP contribution in [0.3, 0.4) is 0 Å². The molecule has 0 unspecified atom stereocenters. The van der Waals surface area contributed by atoms with Crippen LogP contribution in [-0.2, 0) is 16.8 Å². The Morgan fingerprint density at radius 2 is 2.11 bits per heavy atom. The van der Waals surface area contributed by atoms with Gasteiger partial charge in [-0.1, -0.05) is 6.07 Å². The van der Waals surface area contributed by atoms with E-state index >= 15 is 0 Å². The van der Waals surface area contributed by atoms with E-state index in [-0.39, 0.29) is 25.0 Å². The van der Waals surface area contributed by atoms with Crippen LogP contribution in [-0.4, -0.2) is 31.2 Å². The molecule has 4 nitrogen and oxygen atoms in total. The lowest BCUT2D eigenvalue weighted by Gasteiger charge is -2.38. The maximum absolute atomic E-state index is 13.3. The molecule has 1 aromatic rings. The van der Waals surface area contributed by atoms with Gasteiger partial charge in [0, 0.05) is 25.0 Å². The Morgan fingerprint density at radius 1 is 1.42 bits per heavy atom. The Morgan fingerprint density at radius 3 is 2.68 bits per heavy atom. The quantitative estimate of drug-likeness (QED) is 0.804. The van der Waals surface area contributed by atoms with E-state index in [1.807, 2.05) is 13.8 Å². The lowest BCUT2D eigenvalue weighted by molar-refractivity contribution is 0.341. The van der Waals surface area contributed by atoms with Crippen molar-refractivity contribution in [2.24, 2.45) is 0 Å². The molecule has 0 aromatic heterocycles. The molecule has 0 amide bonds. The second-order valence-electron chi connectivity index (χ2n) is 4.68. The number of fused-ring (bicyclic) bond motifs is 1. The van der Waals surface area contributed by atoms with Crippen molar-refractivity contribution >= 4 is 27.5 Å². The maximum atomic E-state index is 13.3. The van der Waals surface area contributed by atoms with Gasteiger partial charge in [-0.3, -0.25) is 4.31 Å². The molecular formula is C12H16ClFN2O2S. The fourth-order valence-corrected chi connectivity index (χ4v) is 4.26. The van der Waals surface area contributed by atoms with Gasteiger partial charge in [0.25, 0.3) is 0 Å². The van der Waals surface area contributed by atoms with E-state index < -0.39 is 16.0 Å². The first kappa shape index (κ1) is 14.6. The van der Waals surface area contributed by atoms with Gasteiger partial charge < -0.3 is 0 Å². The average molecular weight is 307 g/mol. The predicted molar refractivity (Wildman–Crippen MR) is 74.1 cm³/mol. The fraction of sp³-hybridized carbons (Fsp3) is 0.500. The SMILES string of the molecule is CC(C)N1Cc2ccc(F)cc2N(CCCl)S1(=O)=O. The first-order chi connectivity index (χ1) is 8.87. The van der Waals surface area contributed by atoms with E-state index in [1.54, 1.807) is 6.07 Å². The number of benzene rings is 1. The molecule has 0 saturated carbocycles. The number of nitrogens with zero attached hydrogens (tertiary/aromatic N) is 2. The van der Waals surface area contributed by atoms with E-state index in [4.69, 9.17) is 11.6 Å². The standard InChI is InChI=1S/C12H16ClFN2O2S/c1-9(2)16-8-10-3-4-11(14)7-12(10)15(6-5-13)19(16,17)18/h3-4,7,9H,5-6,8H2,1-2H3. The maximum Gasteiger partial charge on any atom is 0.304 e. The summed E-state index contributed by atoms with van der Waals surface area (Å²) < 4.78 is 40.9. The highest BCUT2D eigenvalue weighted by Gasteiger charge is 2.37. The molecule has 0 fully saturated rings. The van der Waals surface area contributed by atoms with Crippen LogP contribution in [0.5, 0.6) is 0 Å². The number of anilines is 1. The second-order valence-corrected chi connectivity index (χ2v) is 6.86. The van der Waals surface area contributed by atoms with Crippen LogP contribution in [0, 0.1) is 5.82 Å². The highest BCUT2D eigenvalue weighted by atomic mass is 35.5. The monoisotopic (exact) mass is 306 g/mol. The van der Waals surface area contributed by atoms with Gasteiger partial charge in [-0.2, -0.15) is 12.7 Å². The summed E-state index contributed by atoms with van der Waals surface area (Å²) in [5.74, 6) is -0.298. The van der Waals surface area contributed by atoms with E-state index in [1.165, 1.54) is 20.7 Å². The van der Waals surface area contributed by atoms with Gasteiger partial charge in [0.15, 0.2) is 0 Å².